The zero-order valence-corrected chi connectivity index (χ0v) is 14.1. The van der Waals surface area contributed by atoms with Gasteiger partial charge in [-0.25, -0.2) is 4.98 Å². The summed E-state index contributed by atoms with van der Waals surface area (Å²) in [5.41, 5.74) is 2.47. The number of nitrogens with zero attached hydrogens (tertiary/aromatic N) is 1. The van der Waals surface area contributed by atoms with Gasteiger partial charge in [0.1, 0.15) is 5.69 Å². The van der Waals surface area contributed by atoms with E-state index < -0.39 is 0 Å². The first kappa shape index (κ1) is 17.0. The zero-order chi connectivity index (χ0) is 16.7. The van der Waals surface area contributed by atoms with Gasteiger partial charge >= 0.3 is 0 Å². The number of carbonyl (C=O) groups is 1. The van der Waals surface area contributed by atoms with Gasteiger partial charge in [0.05, 0.1) is 11.9 Å². The molecule has 1 aromatic carbocycles. The van der Waals surface area contributed by atoms with E-state index in [4.69, 9.17) is 0 Å². The fraction of sp³-hybridized carbons (Fsp3) is 0.368. The molecule has 122 valence electrons. The summed E-state index contributed by atoms with van der Waals surface area (Å²) in [5, 5.41) is 6.24. The van der Waals surface area contributed by atoms with E-state index in [-0.39, 0.29) is 11.4 Å². The van der Waals surface area contributed by atoms with Gasteiger partial charge in [-0.2, -0.15) is 0 Å². The minimum absolute atomic E-state index is 0.145. The van der Waals surface area contributed by atoms with E-state index in [9.17, 15) is 4.79 Å². The van der Waals surface area contributed by atoms with Crippen molar-refractivity contribution < 1.29 is 4.79 Å². The summed E-state index contributed by atoms with van der Waals surface area (Å²) in [6, 6.07) is 14.1. The molecule has 0 aliphatic carbocycles. The van der Waals surface area contributed by atoms with Gasteiger partial charge in [0.15, 0.2) is 0 Å². The highest BCUT2D eigenvalue weighted by Crippen LogP contribution is 2.09. The van der Waals surface area contributed by atoms with Crippen LogP contribution in [0.2, 0.25) is 0 Å². The maximum Gasteiger partial charge on any atom is 0.270 e. The second-order valence-corrected chi connectivity index (χ2v) is 6.65. The maximum atomic E-state index is 12.0. The standard InChI is InChI=1S/C19H25N3O/c1-19(2,3)22-18(23)17-12-11-16(14-21-17)20-13-7-10-15-8-5-4-6-9-15/h4-6,8-9,11-12,14,20H,7,10,13H2,1-3H3,(H,22,23). The lowest BCUT2D eigenvalue weighted by molar-refractivity contribution is 0.0914. The van der Waals surface area contributed by atoms with Crippen LogP contribution >= 0.6 is 0 Å². The largest absolute Gasteiger partial charge is 0.384 e. The summed E-state index contributed by atoms with van der Waals surface area (Å²) in [5.74, 6) is -0.145. The number of hydrogen-bond donors (Lipinski definition) is 2. The van der Waals surface area contributed by atoms with E-state index in [0.29, 0.717) is 5.69 Å². The molecule has 1 aromatic heterocycles. The lowest BCUT2D eigenvalue weighted by Gasteiger charge is -2.20. The molecule has 2 N–H and O–H groups in total. The van der Waals surface area contributed by atoms with Gasteiger partial charge in [0.2, 0.25) is 0 Å². The number of aromatic nitrogens is 1. The maximum absolute atomic E-state index is 12.0. The molecule has 0 aliphatic rings. The molecule has 2 aromatic rings. The van der Waals surface area contributed by atoms with Crippen molar-refractivity contribution in [3.05, 3.63) is 59.9 Å². The Bertz CT molecular complexity index is 615. The third-order valence-electron chi connectivity index (χ3n) is 3.30. The number of rotatable bonds is 6. The highest BCUT2D eigenvalue weighted by atomic mass is 16.2. The van der Waals surface area contributed by atoms with E-state index in [0.717, 1.165) is 25.1 Å². The Labute approximate surface area is 138 Å². The van der Waals surface area contributed by atoms with Crippen molar-refractivity contribution in [2.24, 2.45) is 0 Å². The van der Waals surface area contributed by atoms with Gasteiger partial charge in [-0.3, -0.25) is 4.79 Å². The molecule has 0 fully saturated rings. The number of aryl methyl sites for hydroxylation is 1. The monoisotopic (exact) mass is 311 g/mol. The Balaban J connectivity index is 1.78. The van der Waals surface area contributed by atoms with Crippen LogP contribution in [0.4, 0.5) is 5.69 Å². The topological polar surface area (TPSA) is 54.0 Å². The van der Waals surface area contributed by atoms with Gasteiger partial charge in [-0.05, 0) is 51.3 Å². The number of amides is 1. The minimum Gasteiger partial charge on any atom is -0.384 e. The first-order chi connectivity index (χ1) is 10.9. The molecule has 0 bridgehead atoms. The van der Waals surface area contributed by atoms with Crippen LogP contribution in [0.1, 0.15) is 43.2 Å². The van der Waals surface area contributed by atoms with Gasteiger partial charge in [-0.1, -0.05) is 30.3 Å². The summed E-state index contributed by atoms with van der Waals surface area (Å²) in [6.07, 6.45) is 3.81. The summed E-state index contributed by atoms with van der Waals surface area (Å²) in [6.45, 7) is 6.73. The van der Waals surface area contributed by atoms with Gasteiger partial charge in [-0.15, -0.1) is 0 Å². The molecular weight excluding hydrogens is 286 g/mol. The predicted molar refractivity (Wildman–Crippen MR) is 94.7 cm³/mol. The predicted octanol–water partition coefficient (Wildman–Crippen LogP) is 3.65. The molecule has 23 heavy (non-hydrogen) atoms. The molecule has 0 saturated heterocycles. The van der Waals surface area contributed by atoms with Crippen molar-refractivity contribution in [2.75, 3.05) is 11.9 Å². The second-order valence-electron chi connectivity index (χ2n) is 6.65. The normalized spacial score (nSPS) is 11.1. The van der Waals surface area contributed by atoms with E-state index >= 15 is 0 Å². The molecule has 4 heteroatoms. The Hall–Kier alpha value is -2.36. The van der Waals surface area contributed by atoms with Crippen LogP contribution in [0.15, 0.2) is 48.7 Å². The molecule has 0 atom stereocenters. The van der Waals surface area contributed by atoms with Crippen molar-refractivity contribution >= 4 is 11.6 Å². The fourth-order valence-electron chi connectivity index (χ4n) is 2.21. The summed E-state index contributed by atoms with van der Waals surface area (Å²) in [4.78, 5) is 16.2. The summed E-state index contributed by atoms with van der Waals surface area (Å²) in [7, 11) is 0. The summed E-state index contributed by atoms with van der Waals surface area (Å²) >= 11 is 0. The zero-order valence-electron chi connectivity index (χ0n) is 14.1. The number of hydrogen-bond acceptors (Lipinski definition) is 3. The summed E-state index contributed by atoms with van der Waals surface area (Å²) < 4.78 is 0. The molecule has 0 spiro atoms. The van der Waals surface area contributed by atoms with E-state index in [2.05, 4.69) is 39.9 Å². The Morgan fingerprint density at radius 3 is 2.43 bits per heavy atom. The van der Waals surface area contributed by atoms with Gasteiger partial charge < -0.3 is 10.6 Å². The van der Waals surface area contributed by atoms with Crippen LogP contribution in [0.5, 0.6) is 0 Å². The first-order valence-corrected chi connectivity index (χ1v) is 8.00. The van der Waals surface area contributed by atoms with Gasteiger partial charge in [0.25, 0.3) is 5.91 Å². The molecule has 1 amide bonds. The highest BCUT2D eigenvalue weighted by molar-refractivity contribution is 5.92. The SMILES string of the molecule is CC(C)(C)NC(=O)c1ccc(NCCCc2ccccc2)cn1. The van der Waals surface area contributed by atoms with E-state index in [1.54, 1.807) is 12.3 Å². The number of carbonyl (C=O) groups excluding carboxylic acids is 1. The Kier molecular flexibility index (Phi) is 5.74. The van der Waals surface area contributed by atoms with Crippen molar-refractivity contribution in [1.82, 2.24) is 10.3 Å². The van der Waals surface area contributed by atoms with Crippen LogP contribution in [0, 0.1) is 0 Å². The molecule has 0 aliphatic heterocycles. The fourth-order valence-corrected chi connectivity index (χ4v) is 2.21. The smallest absolute Gasteiger partial charge is 0.270 e. The molecule has 1 heterocycles. The molecule has 4 nitrogen and oxygen atoms in total. The molecule has 0 saturated carbocycles. The highest BCUT2D eigenvalue weighted by Gasteiger charge is 2.15. The van der Waals surface area contributed by atoms with Crippen LogP contribution < -0.4 is 10.6 Å². The lowest BCUT2D eigenvalue weighted by atomic mass is 10.1. The van der Waals surface area contributed by atoms with Crippen molar-refractivity contribution in [2.45, 2.75) is 39.2 Å². The van der Waals surface area contributed by atoms with Crippen LogP contribution in [0.3, 0.4) is 0 Å². The van der Waals surface area contributed by atoms with Crippen molar-refractivity contribution in [3.63, 3.8) is 0 Å². The Morgan fingerprint density at radius 1 is 1.09 bits per heavy atom. The van der Waals surface area contributed by atoms with Crippen molar-refractivity contribution in [3.8, 4) is 0 Å². The first-order valence-electron chi connectivity index (χ1n) is 8.00. The van der Waals surface area contributed by atoms with E-state index in [1.807, 2.05) is 32.9 Å². The third-order valence-corrected chi connectivity index (χ3v) is 3.30. The Morgan fingerprint density at radius 2 is 1.83 bits per heavy atom. The molecular formula is C19H25N3O. The number of anilines is 1. The molecule has 2 rings (SSSR count). The third kappa shape index (κ3) is 6.10. The molecule has 0 radical (unpaired) electrons. The number of nitrogens with one attached hydrogen (secondary N) is 2. The lowest BCUT2D eigenvalue weighted by Crippen LogP contribution is -2.40. The average Bonchev–Trinajstić information content (AvgIpc) is 2.51. The quantitative estimate of drug-likeness (QED) is 0.801. The second kappa shape index (κ2) is 7.77. The molecule has 0 unspecified atom stereocenters. The van der Waals surface area contributed by atoms with Crippen LogP contribution in [0.25, 0.3) is 0 Å². The van der Waals surface area contributed by atoms with E-state index in [1.165, 1.54) is 5.56 Å². The van der Waals surface area contributed by atoms with Crippen LogP contribution in [-0.4, -0.2) is 23.0 Å². The van der Waals surface area contributed by atoms with Gasteiger partial charge in [0, 0.05) is 12.1 Å². The average molecular weight is 311 g/mol. The van der Waals surface area contributed by atoms with Crippen LogP contribution in [-0.2, 0) is 6.42 Å². The minimum atomic E-state index is -0.257. The van der Waals surface area contributed by atoms with Crippen molar-refractivity contribution in [1.29, 1.82) is 0 Å². The number of benzene rings is 1. The number of pyridine rings is 1.